The Morgan fingerprint density at radius 3 is 2.89 bits per heavy atom. The SMILES string of the molecule is Cc1nc(CCNC(=O)c2cn(C)nc2-c2ccc3c(c2)OCCCO3)cs1. The topological polar surface area (TPSA) is 78.3 Å². The maximum absolute atomic E-state index is 12.8. The summed E-state index contributed by atoms with van der Waals surface area (Å²) in [5.74, 6) is 1.26. The minimum absolute atomic E-state index is 0.151. The van der Waals surface area contributed by atoms with Crippen molar-refractivity contribution < 1.29 is 14.3 Å². The first-order valence-corrected chi connectivity index (χ1v) is 10.1. The molecule has 1 amide bonds. The Morgan fingerprint density at radius 2 is 2.11 bits per heavy atom. The van der Waals surface area contributed by atoms with E-state index in [0.29, 0.717) is 43.2 Å². The molecule has 0 atom stereocenters. The molecule has 8 heteroatoms. The zero-order chi connectivity index (χ0) is 19.5. The van der Waals surface area contributed by atoms with Crippen LogP contribution in [-0.4, -0.2) is 40.4 Å². The van der Waals surface area contributed by atoms with E-state index in [2.05, 4.69) is 15.4 Å². The van der Waals surface area contributed by atoms with E-state index in [4.69, 9.17) is 9.47 Å². The van der Waals surface area contributed by atoms with E-state index in [1.54, 1.807) is 29.3 Å². The number of amides is 1. The molecular weight excluding hydrogens is 376 g/mol. The maximum Gasteiger partial charge on any atom is 0.255 e. The minimum Gasteiger partial charge on any atom is -0.490 e. The minimum atomic E-state index is -0.151. The first-order valence-electron chi connectivity index (χ1n) is 9.23. The first-order chi connectivity index (χ1) is 13.6. The second kappa shape index (κ2) is 8.02. The van der Waals surface area contributed by atoms with Crippen LogP contribution >= 0.6 is 11.3 Å². The second-order valence-corrected chi connectivity index (χ2v) is 7.70. The van der Waals surface area contributed by atoms with Crippen molar-refractivity contribution in [1.29, 1.82) is 0 Å². The van der Waals surface area contributed by atoms with Gasteiger partial charge >= 0.3 is 0 Å². The Labute approximate surface area is 167 Å². The van der Waals surface area contributed by atoms with Gasteiger partial charge in [0, 0.05) is 43.6 Å². The molecule has 3 heterocycles. The third-order valence-electron chi connectivity index (χ3n) is 4.43. The summed E-state index contributed by atoms with van der Waals surface area (Å²) in [6.07, 6.45) is 3.29. The predicted octanol–water partition coefficient (Wildman–Crippen LogP) is 2.99. The highest BCUT2D eigenvalue weighted by Crippen LogP contribution is 2.34. The summed E-state index contributed by atoms with van der Waals surface area (Å²) in [7, 11) is 1.81. The van der Waals surface area contributed by atoms with Crippen LogP contribution in [0.2, 0.25) is 0 Å². The third-order valence-corrected chi connectivity index (χ3v) is 5.25. The summed E-state index contributed by atoms with van der Waals surface area (Å²) in [6.45, 7) is 3.76. The monoisotopic (exact) mass is 398 g/mol. The number of hydrogen-bond acceptors (Lipinski definition) is 6. The van der Waals surface area contributed by atoms with Crippen molar-refractivity contribution in [2.75, 3.05) is 19.8 Å². The van der Waals surface area contributed by atoms with Gasteiger partial charge in [-0.3, -0.25) is 9.48 Å². The van der Waals surface area contributed by atoms with Crippen LogP contribution in [-0.2, 0) is 13.5 Å². The Hall–Kier alpha value is -2.87. The Bertz CT molecular complexity index is 995. The predicted molar refractivity (Wildman–Crippen MR) is 107 cm³/mol. The molecule has 1 aromatic carbocycles. The number of carbonyl (C=O) groups is 1. The van der Waals surface area contributed by atoms with Crippen LogP contribution in [0, 0.1) is 6.92 Å². The molecule has 1 N–H and O–H groups in total. The average Bonchev–Trinajstić information content (AvgIpc) is 3.19. The van der Waals surface area contributed by atoms with Crippen LogP contribution in [0.25, 0.3) is 11.3 Å². The lowest BCUT2D eigenvalue weighted by atomic mass is 10.1. The highest BCUT2D eigenvalue weighted by atomic mass is 32.1. The fraction of sp³-hybridized carbons (Fsp3) is 0.350. The first kappa shape index (κ1) is 18.5. The van der Waals surface area contributed by atoms with Gasteiger partial charge in [0.2, 0.25) is 0 Å². The number of benzene rings is 1. The molecule has 4 rings (SSSR count). The number of carbonyl (C=O) groups excluding carboxylic acids is 1. The quantitative estimate of drug-likeness (QED) is 0.715. The number of hydrogen-bond donors (Lipinski definition) is 1. The van der Waals surface area contributed by atoms with E-state index in [0.717, 1.165) is 28.4 Å². The van der Waals surface area contributed by atoms with Gasteiger partial charge in [-0.1, -0.05) is 0 Å². The van der Waals surface area contributed by atoms with Crippen molar-refractivity contribution in [2.24, 2.45) is 7.05 Å². The normalized spacial score (nSPS) is 13.2. The summed E-state index contributed by atoms with van der Waals surface area (Å²) in [5.41, 5.74) is 2.98. The van der Waals surface area contributed by atoms with Gasteiger partial charge in [-0.2, -0.15) is 5.10 Å². The Balaban J connectivity index is 1.51. The van der Waals surface area contributed by atoms with Crippen molar-refractivity contribution in [3.63, 3.8) is 0 Å². The smallest absolute Gasteiger partial charge is 0.255 e. The lowest BCUT2D eigenvalue weighted by molar-refractivity contribution is 0.0954. The number of nitrogens with one attached hydrogen (secondary N) is 1. The van der Waals surface area contributed by atoms with Gasteiger partial charge in [0.05, 0.1) is 29.5 Å². The molecule has 7 nitrogen and oxygen atoms in total. The van der Waals surface area contributed by atoms with E-state index in [1.165, 1.54) is 0 Å². The maximum atomic E-state index is 12.8. The van der Waals surface area contributed by atoms with Crippen molar-refractivity contribution in [2.45, 2.75) is 19.8 Å². The molecule has 0 spiro atoms. The van der Waals surface area contributed by atoms with Crippen LogP contribution in [0.5, 0.6) is 11.5 Å². The van der Waals surface area contributed by atoms with Gasteiger partial charge in [0.15, 0.2) is 11.5 Å². The van der Waals surface area contributed by atoms with Crippen LogP contribution in [0.1, 0.15) is 27.5 Å². The molecule has 0 saturated heterocycles. The van der Waals surface area contributed by atoms with E-state index in [-0.39, 0.29) is 5.91 Å². The van der Waals surface area contributed by atoms with Gasteiger partial charge in [0.25, 0.3) is 5.91 Å². The Kier molecular flexibility index (Phi) is 5.29. The summed E-state index contributed by atoms with van der Waals surface area (Å²) in [4.78, 5) is 17.2. The molecule has 146 valence electrons. The van der Waals surface area contributed by atoms with Crippen LogP contribution in [0.15, 0.2) is 29.8 Å². The lowest BCUT2D eigenvalue weighted by Crippen LogP contribution is -2.26. The summed E-state index contributed by atoms with van der Waals surface area (Å²) < 4.78 is 13.1. The zero-order valence-electron chi connectivity index (χ0n) is 15.9. The third kappa shape index (κ3) is 4.01. The molecule has 1 aliphatic rings. The average molecular weight is 398 g/mol. The van der Waals surface area contributed by atoms with Crippen molar-refractivity contribution in [1.82, 2.24) is 20.1 Å². The highest BCUT2D eigenvalue weighted by Gasteiger charge is 2.19. The fourth-order valence-corrected chi connectivity index (χ4v) is 3.75. The van der Waals surface area contributed by atoms with Gasteiger partial charge in [0.1, 0.15) is 5.69 Å². The van der Waals surface area contributed by atoms with E-state index >= 15 is 0 Å². The van der Waals surface area contributed by atoms with E-state index in [9.17, 15) is 4.79 Å². The number of aromatic nitrogens is 3. The number of nitrogens with zero attached hydrogens (tertiary/aromatic N) is 3. The summed E-state index contributed by atoms with van der Waals surface area (Å²) >= 11 is 1.62. The van der Waals surface area contributed by atoms with Gasteiger partial charge in [-0.25, -0.2) is 4.98 Å². The number of thiazole rings is 1. The van der Waals surface area contributed by atoms with E-state index < -0.39 is 0 Å². The molecule has 0 unspecified atom stereocenters. The molecule has 28 heavy (non-hydrogen) atoms. The fourth-order valence-electron chi connectivity index (χ4n) is 3.10. The molecule has 1 aliphatic heterocycles. The summed E-state index contributed by atoms with van der Waals surface area (Å²) in [5, 5.41) is 10.5. The van der Waals surface area contributed by atoms with E-state index in [1.807, 2.05) is 30.5 Å². The van der Waals surface area contributed by atoms with Crippen molar-refractivity contribution in [3.05, 3.63) is 46.0 Å². The van der Waals surface area contributed by atoms with Crippen molar-refractivity contribution in [3.8, 4) is 22.8 Å². The molecule has 3 aromatic rings. The van der Waals surface area contributed by atoms with Crippen LogP contribution in [0.3, 0.4) is 0 Å². The lowest BCUT2D eigenvalue weighted by Gasteiger charge is -2.09. The number of aryl methyl sites for hydroxylation is 2. The number of ether oxygens (including phenoxy) is 2. The number of rotatable bonds is 5. The van der Waals surface area contributed by atoms with Gasteiger partial charge in [-0.15, -0.1) is 11.3 Å². The van der Waals surface area contributed by atoms with Crippen LogP contribution in [0.4, 0.5) is 0 Å². The molecular formula is C20H22N4O3S. The van der Waals surface area contributed by atoms with Crippen molar-refractivity contribution >= 4 is 17.2 Å². The second-order valence-electron chi connectivity index (χ2n) is 6.64. The molecule has 0 bridgehead atoms. The number of fused-ring (bicyclic) bond motifs is 1. The van der Waals surface area contributed by atoms with Gasteiger partial charge < -0.3 is 14.8 Å². The standard InChI is InChI=1S/C20H22N4O3S/c1-13-22-15(12-28-13)6-7-21-20(25)16-11-24(2)23-19(16)14-4-5-17-18(10-14)27-9-3-8-26-17/h4-5,10-12H,3,6-9H2,1-2H3,(H,21,25). The molecule has 0 aliphatic carbocycles. The molecule has 0 fully saturated rings. The molecule has 2 aromatic heterocycles. The Morgan fingerprint density at radius 1 is 1.29 bits per heavy atom. The van der Waals surface area contributed by atoms with Gasteiger partial charge in [-0.05, 0) is 25.1 Å². The zero-order valence-corrected chi connectivity index (χ0v) is 16.7. The molecule has 0 radical (unpaired) electrons. The molecule has 0 saturated carbocycles. The van der Waals surface area contributed by atoms with Crippen LogP contribution < -0.4 is 14.8 Å². The highest BCUT2D eigenvalue weighted by molar-refractivity contribution is 7.09. The largest absolute Gasteiger partial charge is 0.490 e. The summed E-state index contributed by atoms with van der Waals surface area (Å²) in [6, 6.07) is 5.67.